The Bertz CT molecular complexity index is 1330. The summed E-state index contributed by atoms with van der Waals surface area (Å²) in [6, 6.07) is 13.8. The molecule has 0 saturated heterocycles. The van der Waals surface area contributed by atoms with Crippen LogP contribution in [0, 0.1) is 11.3 Å². The predicted octanol–water partition coefficient (Wildman–Crippen LogP) is -2.65. The number of nitriles is 1. The van der Waals surface area contributed by atoms with Gasteiger partial charge in [0.1, 0.15) is 58.9 Å². The maximum Gasteiger partial charge on any atom is 0.258 e. The number of ether oxygens (including phenoxy) is 1. The van der Waals surface area contributed by atoms with Crippen LogP contribution in [-0.2, 0) is 5.21 Å². The first kappa shape index (κ1) is 26.2. The van der Waals surface area contributed by atoms with E-state index in [2.05, 4.69) is 38.3 Å². The van der Waals surface area contributed by atoms with E-state index >= 15 is 0 Å². The highest BCUT2D eigenvalue weighted by Gasteiger charge is 2.43. The van der Waals surface area contributed by atoms with E-state index in [0.717, 1.165) is 12.0 Å². The summed E-state index contributed by atoms with van der Waals surface area (Å²) in [5.74, 6) is 1.40. The molecule has 0 unspecified atom stereocenters. The van der Waals surface area contributed by atoms with Crippen LogP contribution >= 0.6 is 0 Å². The number of rotatable bonds is 7. The second kappa shape index (κ2) is 9.24. The highest BCUT2D eigenvalue weighted by Crippen LogP contribution is 2.46. The summed E-state index contributed by atoms with van der Waals surface area (Å²) in [6.45, 7) is 3.84. The molecule has 2 aromatic carbocycles. The minimum Gasteiger partial charge on any atom is -0.490 e. The van der Waals surface area contributed by atoms with Gasteiger partial charge in [0.05, 0.1) is 11.7 Å². The van der Waals surface area contributed by atoms with Gasteiger partial charge in [0.15, 0.2) is 0 Å². The van der Waals surface area contributed by atoms with Gasteiger partial charge >= 0.3 is 0 Å². The van der Waals surface area contributed by atoms with Crippen molar-refractivity contribution < 1.29 is 14.4 Å². The number of hydrogen-bond acceptors (Lipinski definition) is 7. The fourth-order valence-corrected chi connectivity index (χ4v) is 4.82. The van der Waals surface area contributed by atoms with E-state index in [9.17, 15) is 10.4 Å². The zero-order valence-electron chi connectivity index (χ0n) is 22.4. The molecule has 36 heavy (non-hydrogen) atoms. The maximum absolute atomic E-state index is 10.7. The van der Waals surface area contributed by atoms with Gasteiger partial charge in [0.25, 0.3) is 5.89 Å². The van der Waals surface area contributed by atoms with Crippen molar-refractivity contribution in [3.05, 3.63) is 53.1 Å². The van der Waals surface area contributed by atoms with Crippen LogP contribution in [0.1, 0.15) is 43.0 Å². The summed E-state index contributed by atoms with van der Waals surface area (Å²) < 4.78 is 11.4. The van der Waals surface area contributed by atoms with Crippen molar-refractivity contribution in [3.63, 3.8) is 0 Å². The molecule has 1 aliphatic carbocycles. The monoisotopic (exact) mass is 476 g/mol. The minimum atomic E-state index is -0.891. The lowest BCUT2D eigenvalue weighted by Crippen LogP contribution is -2.65. The molecule has 0 aliphatic heterocycles. The summed E-state index contributed by atoms with van der Waals surface area (Å²) in [5, 5.41) is 26.8. The highest BCUT2D eigenvalue weighted by molar-refractivity contribution is 6.53. The van der Waals surface area contributed by atoms with Gasteiger partial charge in [-0.2, -0.15) is 10.2 Å². The van der Waals surface area contributed by atoms with Crippen LogP contribution in [0.15, 0.2) is 40.9 Å². The van der Waals surface area contributed by atoms with Crippen molar-refractivity contribution in [2.24, 2.45) is 0 Å². The molecular formula is C23H30B6N4O3. The molecule has 0 radical (unpaired) electrons. The van der Waals surface area contributed by atoms with E-state index < -0.39 is 10.7 Å². The van der Waals surface area contributed by atoms with Gasteiger partial charge in [-0.3, -0.25) is 0 Å². The van der Waals surface area contributed by atoms with Crippen molar-refractivity contribution in [3.8, 4) is 34.7 Å². The lowest BCUT2D eigenvalue weighted by molar-refractivity contribution is 0.169. The average Bonchev–Trinajstić information content (AvgIpc) is 3.36. The Morgan fingerprint density at radius 3 is 2.58 bits per heavy atom. The van der Waals surface area contributed by atoms with Gasteiger partial charge in [-0.15, -0.1) is 0 Å². The molecule has 0 fully saturated rings. The molecule has 0 bridgehead atoms. The zero-order chi connectivity index (χ0) is 26.5. The minimum absolute atomic E-state index is 0.0335. The largest absolute Gasteiger partial charge is 0.490 e. The number of nitrogens with one attached hydrogen (secondary N) is 1. The van der Waals surface area contributed by atoms with Gasteiger partial charge < -0.3 is 19.7 Å². The van der Waals surface area contributed by atoms with Gasteiger partial charge in [-0.1, -0.05) is 28.6 Å². The molecule has 0 saturated carbocycles. The van der Waals surface area contributed by atoms with Crippen LogP contribution in [0.5, 0.6) is 5.75 Å². The Balaban J connectivity index is 1.71. The molecule has 13 heteroatoms. The molecule has 0 amide bonds. The number of nitrogens with zero attached hydrogens (tertiary/aromatic N) is 3. The second-order valence-corrected chi connectivity index (χ2v) is 11.7. The fraction of sp³-hybridized carbons (Fsp3) is 0.348. The smallest absolute Gasteiger partial charge is 0.258 e. The third-order valence-corrected chi connectivity index (χ3v) is 7.30. The van der Waals surface area contributed by atoms with Crippen LogP contribution < -0.4 is 10.1 Å². The van der Waals surface area contributed by atoms with Crippen LogP contribution in [0.3, 0.4) is 0 Å². The van der Waals surface area contributed by atoms with Crippen molar-refractivity contribution in [1.82, 2.24) is 15.5 Å². The summed E-state index contributed by atoms with van der Waals surface area (Å²) in [6.07, 6.45) is 0.848. The first-order valence-electron chi connectivity index (χ1n) is 12.4. The van der Waals surface area contributed by atoms with Crippen LogP contribution in [-0.4, -0.2) is 79.2 Å². The molecule has 1 aromatic heterocycles. The lowest BCUT2D eigenvalue weighted by Gasteiger charge is -2.42. The van der Waals surface area contributed by atoms with E-state index in [1.54, 1.807) is 12.1 Å². The quantitative estimate of drug-likeness (QED) is 0.360. The van der Waals surface area contributed by atoms with E-state index in [0.29, 0.717) is 28.6 Å². The van der Waals surface area contributed by atoms with E-state index in [4.69, 9.17) is 14.2 Å². The number of aliphatic hydroxyl groups is 1. The number of fused-ring (bicyclic) bond motifs is 1. The summed E-state index contributed by atoms with van der Waals surface area (Å²) in [4.78, 5) is 4.71. The Morgan fingerprint density at radius 1 is 1.22 bits per heavy atom. The lowest BCUT2D eigenvalue weighted by atomic mass is 9.40. The van der Waals surface area contributed by atoms with Gasteiger partial charge in [0, 0.05) is 22.6 Å². The average molecular weight is 475 g/mol. The van der Waals surface area contributed by atoms with Crippen molar-refractivity contribution in [2.45, 2.75) is 48.4 Å². The normalized spacial score (nSPS) is 17.0. The topological polar surface area (TPSA) is 104 Å². The number of hydrogen-bond donors (Lipinski definition) is 2. The van der Waals surface area contributed by atoms with Crippen molar-refractivity contribution in [1.29, 1.82) is 5.26 Å². The first-order chi connectivity index (χ1) is 16.7. The van der Waals surface area contributed by atoms with E-state index in [1.807, 2.05) is 63.4 Å². The molecule has 1 aliphatic rings. The summed E-state index contributed by atoms with van der Waals surface area (Å²) in [7, 11) is 12.2. The SMILES string of the molecule is BC1(B)C[C@H](NC(B)(B)C(B)(B)O)c2cccc(-c3noc(-c4ccc(OC(C)C)c(C#N)c4)n3)c21. The molecule has 2 N–H and O–H groups in total. The third kappa shape index (κ3) is 4.89. The number of aromatic nitrogens is 2. The standard InChI is InChI=1S/C23H30B6N4O3/c1-11(2)35-17-7-6-12(8-13(17)10-30)20-31-19(33-36-20)15-5-3-4-14-16(9-21(24,25)18(14)15)32-22(26,27)23(28,29)34/h3-8,11,16,32,34H,9,24-29H2,1-2H3/t16-/m0/s1. The molecular weight excluding hydrogens is 445 g/mol. The Hall–Kier alpha value is -2.82. The van der Waals surface area contributed by atoms with Gasteiger partial charge in [0.2, 0.25) is 5.82 Å². The Kier molecular flexibility index (Phi) is 6.74. The molecule has 7 nitrogen and oxygen atoms in total. The van der Waals surface area contributed by atoms with E-state index in [-0.39, 0.29) is 17.4 Å². The molecule has 0 spiro atoms. The first-order valence-corrected chi connectivity index (χ1v) is 12.4. The number of benzene rings is 2. The summed E-state index contributed by atoms with van der Waals surface area (Å²) >= 11 is 0. The molecule has 4 rings (SSSR count). The second-order valence-electron chi connectivity index (χ2n) is 11.7. The molecule has 3 aromatic rings. The van der Waals surface area contributed by atoms with Crippen LogP contribution in [0.2, 0.25) is 0 Å². The summed E-state index contributed by atoms with van der Waals surface area (Å²) in [5.41, 5.74) is 4.38. The highest BCUT2D eigenvalue weighted by atomic mass is 16.5. The predicted molar refractivity (Wildman–Crippen MR) is 157 cm³/mol. The van der Waals surface area contributed by atoms with Crippen LogP contribution in [0.4, 0.5) is 0 Å². The molecule has 1 heterocycles. The molecule has 178 valence electrons. The van der Waals surface area contributed by atoms with E-state index in [1.165, 1.54) is 11.1 Å². The van der Waals surface area contributed by atoms with Gasteiger partial charge in [-0.05, 0) is 54.9 Å². The molecule has 1 atom stereocenters. The Morgan fingerprint density at radius 2 is 1.94 bits per heavy atom. The van der Waals surface area contributed by atoms with Crippen molar-refractivity contribution in [2.75, 3.05) is 0 Å². The van der Waals surface area contributed by atoms with Crippen LogP contribution in [0.25, 0.3) is 22.8 Å². The Labute approximate surface area is 218 Å². The third-order valence-electron chi connectivity index (χ3n) is 7.30. The fourth-order valence-electron chi connectivity index (χ4n) is 4.82. The zero-order valence-corrected chi connectivity index (χ0v) is 22.4. The van der Waals surface area contributed by atoms with Gasteiger partial charge in [-0.25, -0.2) is 0 Å². The van der Waals surface area contributed by atoms with Crippen molar-refractivity contribution >= 4 is 47.1 Å². The maximum atomic E-state index is 10.7.